The van der Waals surface area contributed by atoms with Crippen molar-refractivity contribution in [2.45, 2.75) is 58.2 Å². The third kappa shape index (κ3) is 3.46. The Kier molecular flexibility index (Phi) is 5.61. The highest BCUT2D eigenvalue weighted by Gasteiger charge is 2.44. The molecule has 8 nitrogen and oxygen atoms in total. The van der Waals surface area contributed by atoms with Crippen molar-refractivity contribution < 1.29 is 9.53 Å². The molecular weight excluding hydrogens is 472 g/mol. The molecule has 32 heavy (non-hydrogen) atoms. The topological polar surface area (TPSA) is 75.0 Å². The first-order valence-electron chi connectivity index (χ1n) is 11.4. The Morgan fingerprint density at radius 1 is 1.28 bits per heavy atom. The zero-order chi connectivity index (χ0) is 22.4. The molecular formula is C23H29BrN6O2. The standard InChI is InChI=1S/C23H29BrN6O2/c1-4-28-21(31)19-20(30-14(2)12-25-23(28)30)27-22(26-16-7-5-6-8-16)29(19)13-15-9-10-18(32-3)17(24)11-15/h9-11,14,16H,4-8,12-13H2,1-3H3,(H,26,27). The Hall–Kier alpha value is -2.55. The fraction of sp³-hybridized carbons (Fsp3) is 0.522. The van der Waals surface area contributed by atoms with Crippen molar-refractivity contribution in [3.05, 3.63) is 33.9 Å². The van der Waals surface area contributed by atoms with Crippen LogP contribution in [0.1, 0.15) is 55.6 Å². The minimum atomic E-state index is -0.0360. The summed E-state index contributed by atoms with van der Waals surface area (Å²) in [5, 5.41) is 3.65. The summed E-state index contributed by atoms with van der Waals surface area (Å²) >= 11 is 3.59. The summed E-state index contributed by atoms with van der Waals surface area (Å²) in [4.78, 5) is 27.2. The first-order valence-corrected chi connectivity index (χ1v) is 12.2. The SMILES string of the molecule is CCN1C(=O)c2c(nc(NC3CCCC3)n2Cc2ccc(OC)c(Br)c2)N2C1=NCC2C. The number of halogens is 1. The number of guanidine groups is 1. The number of imidazole rings is 1. The van der Waals surface area contributed by atoms with Crippen LogP contribution >= 0.6 is 15.9 Å². The van der Waals surface area contributed by atoms with Crippen molar-refractivity contribution >= 4 is 39.6 Å². The molecule has 1 aliphatic carbocycles. The van der Waals surface area contributed by atoms with Crippen LogP contribution in [0.4, 0.5) is 11.8 Å². The second kappa shape index (κ2) is 8.42. The van der Waals surface area contributed by atoms with Crippen LogP contribution in [0, 0.1) is 0 Å². The molecule has 1 aromatic carbocycles. The summed E-state index contributed by atoms with van der Waals surface area (Å²) in [6, 6.07) is 6.58. The fourth-order valence-electron chi connectivity index (χ4n) is 4.92. The molecule has 170 valence electrons. The minimum Gasteiger partial charge on any atom is -0.496 e. The first kappa shape index (κ1) is 21.3. The highest BCUT2D eigenvalue weighted by Crippen LogP contribution is 2.36. The number of nitrogens with zero attached hydrogens (tertiary/aromatic N) is 5. The van der Waals surface area contributed by atoms with Crippen LogP contribution in [-0.4, -0.2) is 58.6 Å². The average molecular weight is 501 g/mol. The number of rotatable bonds is 6. The van der Waals surface area contributed by atoms with Gasteiger partial charge in [0.05, 0.1) is 30.7 Å². The third-order valence-corrected chi connectivity index (χ3v) is 7.20. The molecule has 9 heteroatoms. The summed E-state index contributed by atoms with van der Waals surface area (Å²) in [6.07, 6.45) is 4.72. The number of hydrogen-bond acceptors (Lipinski definition) is 6. The molecule has 2 aromatic rings. The highest BCUT2D eigenvalue weighted by atomic mass is 79.9. The molecule has 0 saturated heterocycles. The van der Waals surface area contributed by atoms with Crippen LogP contribution in [0.25, 0.3) is 0 Å². The van der Waals surface area contributed by atoms with Gasteiger partial charge in [-0.3, -0.25) is 24.2 Å². The quantitative estimate of drug-likeness (QED) is 0.646. The van der Waals surface area contributed by atoms with Gasteiger partial charge in [-0.2, -0.15) is 4.98 Å². The molecule has 1 atom stereocenters. The molecule has 0 bridgehead atoms. The monoisotopic (exact) mass is 500 g/mol. The number of fused-ring (bicyclic) bond motifs is 3. The number of nitrogens with one attached hydrogen (secondary N) is 1. The minimum absolute atomic E-state index is 0.0360. The van der Waals surface area contributed by atoms with Gasteiger partial charge >= 0.3 is 0 Å². The van der Waals surface area contributed by atoms with Gasteiger partial charge in [0.1, 0.15) is 5.75 Å². The number of hydrogen-bond donors (Lipinski definition) is 1. The van der Waals surface area contributed by atoms with Gasteiger partial charge in [-0.25, -0.2) is 0 Å². The number of anilines is 2. The molecule has 1 amide bonds. The van der Waals surface area contributed by atoms with E-state index in [1.165, 1.54) is 12.8 Å². The molecule has 3 heterocycles. The van der Waals surface area contributed by atoms with Crippen molar-refractivity contribution in [2.24, 2.45) is 4.99 Å². The third-order valence-electron chi connectivity index (χ3n) is 6.58. The Bertz CT molecular complexity index is 1070. The van der Waals surface area contributed by atoms with Gasteiger partial charge in [-0.05, 0) is 60.3 Å². The number of benzene rings is 1. The maximum absolute atomic E-state index is 13.6. The van der Waals surface area contributed by atoms with Crippen molar-refractivity contribution in [3.63, 3.8) is 0 Å². The lowest BCUT2D eigenvalue weighted by molar-refractivity contribution is 0.0836. The highest BCUT2D eigenvalue weighted by molar-refractivity contribution is 9.10. The summed E-state index contributed by atoms with van der Waals surface area (Å²) in [5.74, 6) is 2.95. The summed E-state index contributed by atoms with van der Waals surface area (Å²) in [7, 11) is 1.66. The molecule has 1 fully saturated rings. The second-order valence-corrected chi connectivity index (χ2v) is 9.55. The zero-order valence-electron chi connectivity index (χ0n) is 18.8. The molecule has 3 aliphatic rings. The zero-order valence-corrected chi connectivity index (χ0v) is 20.4. The maximum atomic E-state index is 13.6. The molecule has 0 spiro atoms. The van der Waals surface area contributed by atoms with Crippen molar-refractivity contribution in [3.8, 4) is 5.75 Å². The van der Waals surface area contributed by atoms with Gasteiger partial charge < -0.3 is 10.1 Å². The van der Waals surface area contributed by atoms with Crippen LogP contribution in [0.2, 0.25) is 0 Å². The number of aliphatic imine (C=N–C) groups is 1. The Morgan fingerprint density at radius 2 is 2.06 bits per heavy atom. The van der Waals surface area contributed by atoms with Gasteiger partial charge in [0, 0.05) is 12.6 Å². The smallest absolute Gasteiger partial charge is 0.281 e. The second-order valence-electron chi connectivity index (χ2n) is 8.70. The lowest BCUT2D eigenvalue weighted by Gasteiger charge is -2.35. The molecule has 5 rings (SSSR count). The average Bonchev–Trinajstić information content (AvgIpc) is 3.50. The number of ether oxygens (including phenoxy) is 1. The summed E-state index contributed by atoms with van der Waals surface area (Å²) < 4.78 is 8.32. The van der Waals surface area contributed by atoms with Crippen molar-refractivity contribution in [2.75, 3.05) is 30.4 Å². The van der Waals surface area contributed by atoms with Crippen LogP contribution in [0.3, 0.4) is 0 Å². The number of carbonyl (C=O) groups excluding carboxylic acids is 1. The predicted octanol–water partition coefficient (Wildman–Crippen LogP) is 4.10. The lowest BCUT2D eigenvalue weighted by Crippen LogP contribution is -2.52. The molecule has 1 aromatic heterocycles. The van der Waals surface area contributed by atoms with Crippen LogP contribution in [0.5, 0.6) is 5.75 Å². The van der Waals surface area contributed by atoms with Crippen molar-refractivity contribution in [1.29, 1.82) is 0 Å². The fourth-order valence-corrected chi connectivity index (χ4v) is 5.51. The molecule has 1 unspecified atom stereocenters. The van der Waals surface area contributed by atoms with Gasteiger partial charge in [-0.1, -0.05) is 18.9 Å². The first-order chi connectivity index (χ1) is 15.5. The van der Waals surface area contributed by atoms with E-state index in [0.717, 1.165) is 46.4 Å². The van der Waals surface area contributed by atoms with E-state index in [9.17, 15) is 4.79 Å². The summed E-state index contributed by atoms with van der Waals surface area (Å²) in [5.41, 5.74) is 1.70. The Labute approximate surface area is 196 Å². The Morgan fingerprint density at radius 3 is 2.75 bits per heavy atom. The van der Waals surface area contributed by atoms with E-state index in [2.05, 4.69) is 42.6 Å². The number of aromatic nitrogens is 2. The molecule has 0 radical (unpaired) electrons. The van der Waals surface area contributed by atoms with Crippen molar-refractivity contribution in [1.82, 2.24) is 14.5 Å². The van der Waals surface area contributed by atoms with Crippen LogP contribution in [-0.2, 0) is 6.54 Å². The summed E-state index contributed by atoms with van der Waals surface area (Å²) in [6.45, 7) is 5.91. The largest absolute Gasteiger partial charge is 0.496 e. The van der Waals surface area contributed by atoms with Gasteiger partial charge in [0.15, 0.2) is 11.5 Å². The van der Waals surface area contributed by atoms with E-state index in [1.54, 1.807) is 12.0 Å². The number of methoxy groups -OCH3 is 1. The normalized spacial score (nSPS) is 20.4. The number of carbonyl (C=O) groups is 1. The van der Waals surface area contributed by atoms with Crippen LogP contribution < -0.4 is 15.0 Å². The predicted molar refractivity (Wildman–Crippen MR) is 129 cm³/mol. The van der Waals surface area contributed by atoms with Gasteiger partial charge in [0.25, 0.3) is 5.91 Å². The maximum Gasteiger partial charge on any atom is 0.281 e. The molecule has 1 N–H and O–H groups in total. The van der Waals surface area contributed by atoms with E-state index in [4.69, 9.17) is 9.72 Å². The van der Waals surface area contributed by atoms with E-state index in [1.807, 2.05) is 25.1 Å². The molecule has 1 saturated carbocycles. The number of amides is 1. The van der Waals surface area contributed by atoms with E-state index in [-0.39, 0.29) is 11.9 Å². The lowest BCUT2D eigenvalue weighted by atomic mass is 10.2. The van der Waals surface area contributed by atoms with Gasteiger partial charge in [0.2, 0.25) is 11.9 Å². The molecule has 2 aliphatic heterocycles. The van der Waals surface area contributed by atoms with E-state index >= 15 is 0 Å². The van der Waals surface area contributed by atoms with E-state index in [0.29, 0.717) is 31.4 Å². The van der Waals surface area contributed by atoms with E-state index < -0.39 is 0 Å². The Balaban J connectivity index is 1.61. The van der Waals surface area contributed by atoms with Gasteiger partial charge in [-0.15, -0.1) is 0 Å². The van der Waals surface area contributed by atoms with Crippen LogP contribution in [0.15, 0.2) is 27.7 Å².